The van der Waals surface area contributed by atoms with E-state index < -0.39 is 5.41 Å². The number of nitrogens with zero attached hydrogens (tertiary/aromatic N) is 1. The lowest BCUT2D eigenvalue weighted by Gasteiger charge is -2.31. The van der Waals surface area contributed by atoms with Gasteiger partial charge in [0.25, 0.3) is 0 Å². The summed E-state index contributed by atoms with van der Waals surface area (Å²) in [5.74, 6) is -0.408. The molecule has 1 unspecified atom stereocenters. The summed E-state index contributed by atoms with van der Waals surface area (Å²) in [6.07, 6.45) is 1.08. The lowest BCUT2D eigenvalue weighted by molar-refractivity contribution is -0.129. The zero-order chi connectivity index (χ0) is 15.3. The number of nitrogens with two attached hydrogens (primary N) is 1. The summed E-state index contributed by atoms with van der Waals surface area (Å²) >= 11 is 5.88. The molecule has 0 fully saturated rings. The second-order valence-corrected chi connectivity index (χ2v) is 5.43. The summed E-state index contributed by atoms with van der Waals surface area (Å²) in [6, 6.07) is 7.15. The van der Waals surface area contributed by atoms with E-state index in [0.717, 1.165) is 5.56 Å². The third-order valence-electron chi connectivity index (χ3n) is 3.88. The first kappa shape index (κ1) is 16.5. The molecule has 0 aromatic heterocycles. The van der Waals surface area contributed by atoms with Crippen molar-refractivity contribution in [1.82, 2.24) is 4.90 Å². The maximum absolute atomic E-state index is 12.0. The Morgan fingerprint density at radius 1 is 1.30 bits per heavy atom. The molecule has 1 rings (SSSR count). The first-order chi connectivity index (χ1) is 9.33. The molecule has 0 bridgehead atoms. The Morgan fingerprint density at radius 3 is 2.25 bits per heavy atom. The quantitative estimate of drug-likeness (QED) is 0.876. The van der Waals surface area contributed by atoms with Gasteiger partial charge in [-0.3, -0.25) is 9.59 Å². The van der Waals surface area contributed by atoms with E-state index in [1.807, 2.05) is 19.1 Å². The van der Waals surface area contributed by atoms with Crippen molar-refractivity contribution in [2.45, 2.75) is 32.1 Å². The van der Waals surface area contributed by atoms with Crippen LogP contribution in [0, 0.1) is 0 Å². The highest BCUT2D eigenvalue weighted by atomic mass is 35.5. The Balaban J connectivity index is 3.06. The van der Waals surface area contributed by atoms with Gasteiger partial charge in [0, 0.05) is 25.5 Å². The minimum atomic E-state index is -0.770. The lowest BCUT2D eigenvalue weighted by atomic mass is 9.74. The zero-order valence-electron chi connectivity index (χ0n) is 12.1. The van der Waals surface area contributed by atoms with E-state index in [2.05, 4.69) is 0 Å². The van der Waals surface area contributed by atoms with Gasteiger partial charge in [0.1, 0.15) is 0 Å². The standard InChI is InChI=1S/C15H21ClN2O2/c1-4-15(14(17)20,9-10-18(3)11(2)19)12-5-7-13(16)8-6-12/h5-8H,4,9-10H2,1-3H3,(H2,17,20). The lowest BCUT2D eigenvalue weighted by Crippen LogP contribution is -2.43. The fourth-order valence-electron chi connectivity index (χ4n) is 2.25. The van der Waals surface area contributed by atoms with E-state index in [4.69, 9.17) is 17.3 Å². The van der Waals surface area contributed by atoms with Crippen molar-refractivity contribution in [3.05, 3.63) is 34.9 Å². The number of rotatable bonds is 6. The summed E-state index contributed by atoms with van der Waals surface area (Å²) in [5, 5.41) is 0.615. The molecule has 0 saturated carbocycles. The number of amides is 2. The summed E-state index contributed by atoms with van der Waals surface area (Å²) < 4.78 is 0. The van der Waals surface area contributed by atoms with Crippen molar-refractivity contribution in [2.75, 3.05) is 13.6 Å². The van der Waals surface area contributed by atoms with E-state index >= 15 is 0 Å². The molecule has 2 N–H and O–H groups in total. The van der Waals surface area contributed by atoms with Crippen molar-refractivity contribution in [1.29, 1.82) is 0 Å². The molecular formula is C15H21ClN2O2. The van der Waals surface area contributed by atoms with Crippen LogP contribution < -0.4 is 5.73 Å². The van der Waals surface area contributed by atoms with Crippen LogP contribution in [0.15, 0.2) is 24.3 Å². The van der Waals surface area contributed by atoms with Crippen LogP contribution >= 0.6 is 11.6 Å². The predicted octanol–water partition coefficient (Wildman–Crippen LogP) is 2.34. The van der Waals surface area contributed by atoms with Crippen LogP contribution in [-0.4, -0.2) is 30.3 Å². The van der Waals surface area contributed by atoms with Gasteiger partial charge in [-0.25, -0.2) is 0 Å². The SMILES string of the molecule is CCC(CCN(C)C(C)=O)(C(N)=O)c1ccc(Cl)cc1. The first-order valence-corrected chi connectivity index (χ1v) is 6.99. The van der Waals surface area contributed by atoms with Gasteiger partial charge in [-0.2, -0.15) is 0 Å². The van der Waals surface area contributed by atoms with Crippen LogP contribution in [0.25, 0.3) is 0 Å². The Bertz CT molecular complexity index is 487. The van der Waals surface area contributed by atoms with Crippen molar-refractivity contribution in [2.24, 2.45) is 5.73 Å². The Labute approximate surface area is 124 Å². The highest BCUT2D eigenvalue weighted by molar-refractivity contribution is 6.30. The fourth-order valence-corrected chi connectivity index (χ4v) is 2.38. The third-order valence-corrected chi connectivity index (χ3v) is 4.14. The molecule has 1 aromatic carbocycles. The molecule has 0 radical (unpaired) electrons. The minimum absolute atomic E-state index is 0.0319. The van der Waals surface area contributed by atoms with E-state index in [0.29, 0.717) is 24.4 Å². The zero-order valence-corrected chi connectivity index (χ0v) is 12.9. The second kappa shape index (κ2) is 6.75. The maximum atomic E-state index is 12.0. The number of carbonyl (C=O) groups is 2. The van der Waals surface area contributed by atoms with E-state index in [9.17, 15) is 9.59 Å². The highest BCUT2D eigenvalue weighted by Crippen LogP contribution is 2.32. The van der Waals surface area contributed by atoms with Gasteiger partial charge in [-0.1, -0.05) is 30.7 Å². The highest BCUT2D eigenvalue weighted by Gasteiger charge is 2.36. The molecule has 110 valence electrons. The van der Waals surface area contributed by atoms with Crippen LogP contribution in [0.3, 0.4) is 0 Å². The van der Waals surface area contributed by atoms with Crippen LogP contribution in [0.5, 0.6) is 0 Å². The van der Waals surface area contributed by atoms with E-state index in [-0.39, 0.29) is 11.8 Å². The fraction of sp³-hybridized carbons (Fsp3) is 0.467. The van der Waals surface area contributed by atoms with Gasteiger partial charge >= 0.3 is 0 Å². The van der Waals surface area contributed by atoms with Crippen molar-refractivity contribution < 1.29 is 9.59 Å². The van der Waals surface area contributed by atoms with E-state index in [1.165, 1.54) is 6.92 Å². The van der Waals surface area contributed by atoms with Crippen LogP contribution in [0.1, 0.15) is 32.3 Å². The molecule has 0 spiro atoms. The second-order valence-electron chi connectivity index (χ2n) is 5.00. The normalized spacial score (nSPS) is 13.6. The third kappa shape index (κ3) is 3.51. The van der Waals surface area contributed by atoms with Gasteiger partial charge in [0.2, 0.25) is 11.8 Å². The van der Waals surface area contributed by atoms with Crippen molar-refractivity contribution in [3.8, 4) is 0 Å². The first-order valence-electron chi connectivity index (χ1n) is 6.61. The minimum Gasteiger partial charge on any atom is -0.369 e. The Morgan fingerprint density at radius 2 is 1.85 bits per heavy atom. The Hall–Kier alpha value is -1.55. The Kier molecular flexibility index (Phi) is 5.57. The predicted molar refractivity (Wildman–Crippen MR) is 80.5 cm³/mol. The van der Waals surface area contributed by atoms with E-state index in [1.54, 1.807) is 24.1 Å². The number of hydrogen-bond donors (Lipinski definition) is 1. The molecule has 0 aliphatic heterocycles. The molecule has 1 aromatic rings. The van der Waals surface area contributed by atoms with Gasteiger partial charge in [0.15, 0.2) is 0 Å². The molecule has 1 atom stereocenters. The summed E-state index contributed by atoms with van der Waals surface area (Å²) in [4.78, 5) is 24.9. The number of primary amides is 1. The molecule has 4 nitrogen and oxygen atoms in total. The number of benzene rings is 1. The molecule has 2 amide bonds. The van der Waals surface area contributed by atoms with Crippen LogP contribution in [0.4, 0.5) is 0 Å². The molecular weight excluding hydrogens is 276 g/mol. The molecule has 20 heavy (non-hydrogen) atoms. The van der Waals surface area contributed by atoms with Gasteiger partial charge in [-0.05, 0) is 30.5 Å². The number of halogens is 1. The monoisotopic (exact) mass is 296 g/mol. The van der Waals surface area contributed by atoms with Crippen LogP contribution in [0.2, 0.25) is 5.02 Å². The van der Waals surface area contributed by atoms with Gasteiger partial charge in [-0.15, -0.1) is 0 Å². The van der Waals surface area contributed by atoms with Gasteiger partial charge in [0.05, 0.1) is 5.41 Å². The maximum Gasteiger partial charge on any atom is 0.228 e. The number of hydrogen-bond acceptors (Lipinski definition) is 2. The molecule has 0 heterocycles. The van der Waals surface area contributed by atoms with Crippen molar-refractivity contribution in [3.63, 3.8) is 0 Å². The van der Waals surface area contributed by atoms with Crippen molar-refractivity contribution >= 4 is 23.4 Å². The number of carbonyl (C=O) groups excluding carboxylic acids is 2. The summed E-state index contributed by atoms with van der Waals surface area (Å²) in [5.41, 5.74) is 5.71. The van der Waals surface area contributed by atoms with Crippen LogP contribution in [-0.2, 0) is 15.0 Å². The smallest absolute Gasteiger partial charge is 0.228 e. The average Bonchev–Trinajstić information content (AvgIpc) is 2.40. The molecule has 0 aliphatic rings. The van der Waals surface area contributed by atoms with Gasteiger partial charge < -0.3 is 10.6 Å². The topological polar surface area (TPSA) is 63.4 Å². The largest absolute Gasteiger partial charge is 0.369 e. The molecule has 5 heteroatoms. The molecule has 0 saturated heterocycles. The molecule has 0 aliphatic carbocycles. The summed E-state index contributed by atoms with van der Waals surface area (Å²) in [7, 11) is 1.71. The average molecular weight is 297 g/mol. The summed E-state index contributed by atoms with van der Waals surface area (Å²) in [6.45, 7) is 3.90.